The lowest BCUT2D eigenvalue weighted by Gasteiger charge is -1.91. The molecule has 0 aliphatic rings. The highest BCUT2D eigenvalue weighted by Gasteiger charge is 2.15. The first-order valence-corrected chi connectivity index (χ1v) is 6.08. The highest BCUT2D eigenvalue weighted by atomic mass is 32.1. The maximum Gasteiger partial charge on any atom is 0.186 e. The first kappa shape index (κ1) is 11.2. The van der Waals surface area contributed by atoms with Crippen molar-refractivity contribution in [2.24, 2.45) is 0 Å². The molecule has 0 radical (unpaired) electrons. The normalized spacial score (nSPS) is 11.3. The Bertz CT molecular complexity index is 745. The Hall–Kier alpha value is -1.95. The van der Waals surface area contributed by atoms with Gasteiger partial charge in [0.15, 0.2) is 11.6 Å². The second-order valence-electron chi connectivity index (χ2n) is 4.00. The van der Waals surface area contributed by atoms with Crippen molar-refractivity contribution in [2.75, 3.05) is 5.73 Å². The van der Waals surface area contributed by atoms with Gasteiger partial charge in [0.25, 0.3) is 0 Å². The molecule has 0 aliphatic heterocycles. The van der Waals surface area contributed by atoms with E-state index in [-0.39, 0.29) is 5.52 Å². The number of imidazole rings is 1. The van der Waals surface area contributed by atoms with Gasteiger partial charge >= 0.3 is 0 Å². The van der Waals surface area contributed by atoms with Crippen molar-refractivity contribution >= 4 is 27.4 Å². The number of hydrogen-bond donors (Lipinski definition) is 2. The number of nitrogens with two attached hydrogens (primary N) is 1. The van der Waals surface area contributed by atoms with Crippen LogP contribution >= 0.6 is 11.3 Å². The van der Waals surface area contributed by atoms with Crippen molar-refractivity contribution in [1.29, 1.82) is 0 Å². The van der Waals surface area contributed by atoms with Crippen LogP contribution in [0.4, 0.5) is 13.8 Å². The molecule has 2 aromatic heterocycles. The second kappa shape index (κ2) is 3.78. The van der Waals surface area contributed by atoms with Crippen LogP contribution in [-0.4, -0.2) is 9.97 Å². The van der Waals surface area contributed by atoms with E-state index in [0.29, 0.717) is 16.3 Å². The smallest absolute Gasteiger partial charge is 0.186 e. The summed E-state index contributed by atoms with van der Waals surface area (Å²) in [6.45, 7) is 1.90. The third-order valence-corrected chi connectivity index (χ3v) is 3.77. The maximum absolute atomic E-state index is 13.6. The first-order valence-electron chi connectivity index (χ1n) is 5.26. The van der Waals surface area contributed by atoms with Gasteiger partial charge in [0.1, 0.15) is 11.3 Å². The summed E-state index contributed by atoms with van der Waals surface area (Å²) in [4.78, 5) is 7.91. The van der Waals surface area contributed by atoms with Crippen molar-refractivity contribution in [3.63, 3.8) is 0 Å². The molecule has 6 heteroatoms. The summed E-state index contributed by atoms with van der Waals surface area (Å²) in [5, 5.41) is 0.662. The molecule has 0 spiro atoms. The quantitative estimate of drug-likeness (QED) is 0.708. The zero-order chi connectivity index (χ0) is 12.9. The third kappa shape index (κ3) is 1.57. The Morgan fingerprint density at radius 1 is 1.33 bits per heavy atom. The molecular formula is C12H9F2N3S. The largest absolute Gasteiger partial charge is 0.391 e. The number of nitrogens with zero attached hydrogens (tertiary/aromatic N) is 1. The molecule has 2 heterocycles. The number of nitrogens with one attached hydrogen (secondary N) is 1. The molecule has 1 aromatic carbocycles. The molecule has 0 fully saturated rings. The molecule has 0 saturated heterocycles. The number of halogens is 2. The van der Waals surface area contributed by atoms with Crippen molar-refractivity contribution in [3.8, 4) is 10.7 Å². The zero-order valence-electron chi connectivity index (χ0n) is 9.42. The van der Waals surface area contributed by atoms with Gasteiger partial charge in [0.2, 0.25) is 0 Å². The fourth-order valence-electron chi connectivity index (χ4n) is 1.87. The third-order valence-electron chi connectivity index (χ3n) is 2.70. The van der Waals surface area contributed by atoms with Crippen molar-refractivity contribution < 1.29 is 8.78 Å². The highest BCUT2D eigenvalue weighted by molar-refractivity contribution is 7.19. The summed E-state index contributed by atoms with van der Waals surface area (Å²) < 4.78 is 26.7. The molecule has 0 saturated carbocycles. The number of aromatic amines is 1. The Morgan fingerprint density at radius 3 is 2.78 bits per heavy atom. The van der Waals surface area contributed by atoms with E-state index in [1.807, 2.05) is 13.0 Å². The number of aryl methyl sites for hydroxylation is 1. The van der Waals surface area contributed by atoms with Crippen LogP contribution in [0, 0.1) is 18.6 Å². The van der Waals surface area contributed by atoms with E-state index in [4.69, 9.17) is 5.73 Å². The molecule has 18 heavy (non-hydrogen) atoms. The predicted octanol–water partition coefficient (Wildman–Crippen LogP) is 3.46. The fraction of sp³-hybridized carbons (Fsp3) is 0.0833. The van der Waals surface area contributed by atoms with Crippen LogP contribution in [0.3, 0.4) is 0 Å². The molecule has 3 N–H and O–H groups in total. The minimum Gasteiger partial charge on any atom is -0.391 e. The standard InChI is InChI=1S/C12H9F2N3S/c1-5-4-8(15)18-11(5)12-16-7-3-2-6(13)9(14)10(7)17-12/h2-4H,15H2,1H3,(H,16,17). The van der Waals surface area contributed by atoms with Crippen LogP contribution in [0.5, 0.6) is 0 Å². The van der Waals surface area contributed by atoms with Gasteiger partial charge in [-0.1, -0.05) is 0 Å². The Morgan fingerprint density at radius 2 is 2.11 bits per heavy atom. The minimum atomic E-state index is -0.933. The molecule has 92 valence electrons. The molecule has 0 aliphatic carbocycles. The molecule has 0 amide bonds. The van der Waals surface area contributed by atoms with Crippen molar-refractivity contribution in [1.82, 2.24) is 9.97 Å². The summed E-state index contributed by atoms with van der Waals surface area (Å²) >= 11 is 1.36. The molecule has 3 aromatic rings. The Balaban J connectivity index is 2.26. The second-order valence-corrected chi connectivity index (χ2v) is 5.09. The van der Waals surface area contributed by atoms with E-state index in [2.05, 4.69) is 9.97 Å². The van der Waals surface area contributed by atoms with E-state index in [1.165, 1.54) is 17.4 Å². The highest BCUT2D eigenvalue weighted by Crippen LogP contribution is 2.33. The van der Waals surface area contributed by atoms with E-state index in [0.717, 1.165) is 16.5 Å². The minimum absolute atomic E-state index is 0.0105. The molecule has 3 nitrogen and oxygen atoms in total. The van der Waals surface area contributed by atoms with Gasteiger partial charge in [0.05, 0.1) is 15.4 Å². The van der Waals surface area contributed by atoms with Gasteiger partial charge in [-0.3, -0.25) is 0 Å². The number of aromatic nitrogens is 2. The molecular weight excluding hydrogens is 256 g/mol. The number of fused-ring (bicyclic) bond motifs is 1. The lowest BCUT2D eigenvalue weighted by atomic mass is 10.3. The lowest BCUT2D eigenvalue weighted by Crippen LogP contribution is -1.84. The average Bonchev–Trinajstić information content (AvgIpc) is 2.87. The Kier molecular flexibility index (Phi) is 2.34. The summed E-state index contributed by atoms with van der Waals surface area (Å²) in [5.74, 6) is -1.33. The number of rotatable bonds is 1. The molecule has 0 atom stereocenters. The summed E-state index contributed by atoms with van der Waals surface area (Å²) in [5.41, 5.74) is 7.14. The van der Waals surface area contributed by atoms with Crippen LogP contribution in [0.15, 0.2) is 18.2 Å². The van der Waals surface area contributed by atoms with E-state index in [9.17, 15) is 8.78 Å². The van der Waals surface area contributed by atoms with Gasteiger partial charge in [-0.25, -0.2) is 13.8 Å². The van der Waals surface area contributed by atoms with Gasteiger partial charge in [0, 0.05) is 0 Å². The monoisotopic (exact) mass is 265 g/mol. The van der Waals surface area contributed by atoms with Gasteiger partial charge in [-0.2, -0.15) is 0 Å². The van der Waals surface area contributed by atoms with Gasteiger partial charge in [-0.15, -0.1) is 11.3 Å². The van der Waals surface area contributed by atoms with Crippen LogP contribution in [-0.2, 0) is 0 Å². The topological polar surface area (TPSA) is 54.7 Å². The number of thiophene rings is 1. The first-order chi connectivity index (χ1) is 8.56. The number of nitrogen functional groups attached to an aromatic ring is 1. The van der Waals surface area contributed by atoms with Gasteiger partial charge in [-0.05, 0) is 30.7 Å². The number of H-pyrrole nitrogens is 1. The summed E-state index contributed by atoms with van der Waals surface area (Å²) in [6.07, 6.45) is 0. The molecule has 0 bridgehead atoms. The predicted molar refractivity (Wildman–Crippen MR) is 68.5 cm³/mol. The van der Waals surface area contributed by atoms with Crippen LogP contribution in [0.2, 0.25) is 0 Å². The SMILES string of the molecule is Cc1cc(N)sc1-c1nc2c(F)c(F)ccc2[nH]1. The Labute approximate surface area is 105 Å². The van der Waals surface area contributed by atoms with E-state index in [1.54, 1.807) is 0 Å². The zero-order valence-corrected chi connectivity index (χ0v) is 10.2. The van der Waals surface area contributed by atoms with E-state index < -0.39 is 11.6 Å². The fourth-order valence-corrected chi connectivity index (χ4v) is 2.75. The summed E-state index contributed by atoms with van der Waals surface area (Å²) in [7, 11) is 0. The molecule has 0 unspecified atom stereocenters. The van der Waals surface area contributed by atoms with Crippen LogP contribution < -0.4 is 5.73 Å². The molecule has 3 rings (SSSR count). The maximum atomic E-state index is 13.6. The number of benzene rings is 1. The average molecular weight is 265 g/mol. The van der Waals surface area contributed by atoms with Gasteiger partial charge < -0.3 is 10.7 Å². The van der Waals surface area contributed by atoms with Crippen LogP contribution in [0.1, 0.15) is 5.56 Å². The number of hydrogen-bond acceptors (Lipinski definition) is 3. The van der Waals surface area contributed by atoms with Crippen molar-refractivity contribution in [2.45, 2.75) is 6.92 Å². The van der Waals surface area contributed by atoms with Crippen molar-refractivity contribution in [3.05, 3.63) is 35.4 Å². The lowest BCUT2D eigenvalue weighted by molar-refractivity contribution is 0.515. The van der Waals surface area contributed by atoms with Crippen LogP contribution in [0.25, 0.3) is 21.7 Å². The number of anilines is 1. The summed E-state index contributed by atoms with van der Waals surface area (Å²) in [6, 6.07) is 4.37. The van der Waals surface area contributed by atoms with E-state index >= 15 is 0 Å².